The topological polar surface area (TPSA) is 66.5 Å². The SMILES string of the molecule is CCc1ccc(N([C@@H](C)C(=O)Nc2ccc(C(C)C)cc2)S(C)(=O)=O)cc1. The summed E-state index contributed by atoms with van der Waals surface area (Å²) in [6, 6.07) is 13.9. The average molecular weight is 389 g/mol. The van der Waals surface area contributed by atoms with Crippen LogP contribution < -0.4 is 9.62 Å². The van der Waals surface area contributed by atoms with E-state index in [0.717, 1.165) is 22.5 Å². The van der Waals surface area contributed by atoms with Crippen molar-refractivity contribution < 1.29 is 13.2 Å². The fourth-order valence-corrected chi connectivity index (χ4v) is 4.06. The third-order valence-electron chi connectivity index (χ3n) is 4.53. The van der Waals surface area contributed by atoms with E-state index >= 15 is 0 Å². The van der Waals surface area contributed by atoms with Crippen LogP contribution in [0.5, 0.6) is 0 Å². The molecule has 146 valence electrons. The maximum Gasteiger partial charge on any atom is 0.247 e. The van der Waals surface area contributed by atoms with Crippen molar-refractivity contribution in [1.82, 2.24) is 0 Å². The highest BCUT2D eigenvalue weighted by molar-refractivity contribution is 7.92. The molecule has 1 N–H and O–H groups in total. The van der Waals surface area contributed by atoms with Crippen LogP contribution in [0, 0.1) is 0 Å². The first kappa shape index (κ1) is 21.0. The van der Waals surface area contributed by atoms with Crippen LogP contribution in [0.3, 0.4) is 0 Å². The molecule has 2 aromatic rings. The molecule has 0 spiro atoms. The summed E-state index contributed by atoms with van der Waals surface area (Å²) in [5.74, 6) is 0.0257. The van der Waals surface area contributed by atoms with Gasteiger partial charge in [-0.2, -0.15) is 0 Å². The van der Waals surface area contributed by atoms with Gasteiger partial charge in [0.1, 0.15) is 6.04 Å². The van der Waals surface area contributed by atoms with Gasteiger partial charge in [0, 0.05) is 5.69 Å². The van der Waals surface area contributed by atoms with Gasteiger partial charge in [-0.25, -0.2) is 8.42 Å². The Morgan fingerprint density at radius 1 is 1.00 bits per heavy atom. The first-order chi connectivity index (χ1) is 12.6. The lowest BCUT2D eigenvalue weighted by Gasteiger charge is -2.28. The predicted octanol–water partition coefficient (Wildman–Crippen LogP) is 4.17. The number of hydrogen-bond donors (Lipinski definition) is 1. The van der Waals surface area contributed by atoms with E-state index in [-0.39, 0.29) is 5.91 Å². The van der Waals surface area contributed by atoms with Gasteiger partial charge in [0.25, 0.3) is 0 Å². The standard InChI is InChI=1S/C21H28N2O3S/c1-6-17-7-13-20(14-8-17)23(27(5,25)26)16(4)21(24)22-19-11-9-18(10-12-19)15(2)3/h7-16H,6H2,1-5H3,(H,22,24)/t16-/m0/s1. The molecule has 6 heteroatoms. The first-order valence-corrected chi connectivity index (χ1v) is 11.0. The number of amides is 1. The van der Waals surface area contributed by atoms with E-state index in [0.29, 0.717) is 17.3 Å². The summed E-state index contributed by atoms with van der Waals surface area (Å²) in [5.41, 5.74) is 3.41. The van der Waals surface area contributed by atoms with Crippen LogP contribution in [0.15, 0.2) is 48.5 Å². The van der Waals surface area contributed by atoms with Crippen molar-refractivity contribution in [2.75, 3.05) is 15.9 Å². The minimum Gasteiger partial charge on any atom is -0.324 e. The maximum absolute atomic E-state index is 12.7. The second-order valence-electron chi connectivity index (χ2n) is 7.02. The maximum atomic E-state index is 12.7. The summed E-state index contributed by atoms with van der Waals surface area (Å²) in [5, 5.41) is 2.81. The number of carbonyl (C=O) groups excluding carboxylic acids is 1. The second-order valence-corrected chi connectivity index (χ2v) is 8.88. The number of anilines is 2. The van der Waals surface area contributed by atoms with E-state index in [1.54, 1.807) is 19.1 Å². The Bertz CT molecular complexity index is 873. The van der Waals surface area contributed by atoms with Crippen LogP contribution in [-0.4, -0.2) is 26.6 Å². The highest BCUT2D eigenvalue weighted by Crippen LogP contribution is 2.23. The fraction of sp³-hybridized carbons (Fsp3) is 0.381. The van der Waals surface area contributed by atoms with Crippen molar-refractivity contribution in [1.29, 1.82) is 0 Å². The van der Waals surface area contributed by atoms with Crippen LogP contribution >= 0.6 is 0 Å². The third-order valence-corrected chi connectivity index (χ3v) is 5.77. The molecule has 2 rings (SSSR count). The molecule has 0 unspecified atom stereocenters. The van der Waals surface area contributed by atoms with Crippen molar-refractivity contribution in [3.05, 3.63) is 59.7 Å². The summed E-state index contributed by atoms with van der Waals surface area (Å²) >= 11 is 0. The molecule has 27 heavy (non-hydrogen) atoms. The molecule has 0 aliphatic carbocycles. The lowest BCUT2D eigenvalue weighted by molar-refractivity contribution is -0.116. The summed E-state index contributed by atoms with van der Waals surface area (Å²) in [7, 11) is -3.62. The quantitative estimate of drug-likeness (QED) is 0.774. The Kier molecular flexibility index (Phi) is 6.65. The minimum absolute atomic E-state index is 0.378. The predicted molar refractivity (Wildman–Crippen MR) is 112 cm³/mol. The number of sulfonamides is 1. The van der Waals surface area contributed by atoms with Crippen molar-refractivity contribution in [3.8, 4) is 0 Å². The smallest absolute Gasteiger partial charge is 0.247 e. The zero-order valence-electron chi connectivity index (χ0n) is 16.6. The molecule has 0 radical (unpaired) electrons. The highest BCUT2D eigenvalue weighted by atomic mass is 32.2. The molecule has 2 aromatic carbocycles. The molecule has 0 fully saturated rings. The van der Waals surface area contributed by atoms with E-state index in [9.17, 15) is 13.2 Å². The Morgan fingerprint density at radius 2 is 1.56 bits per heavy atom. The molecule has 0 saturated carbocycles. The van der Waals surface area contributed by atoms with Gasteiger partial charge in [-0.05, 0) is 54.7 Å². The molecule has 1 atom stereocenters. The lowest BCUT2D eigenvalue weighted by Crippen LogP contribution is -2.45. The Hall–Kier alpha value is -2.34. The monoisotopic (exact) mass is 388 g/mol. The van der Waals surface area contributed by atoms with Crippen LogP contribution in [0.1, 0.15) is 44.7 Å². The summed E-state index contributed by atoms with van der Waals surface area (Å²) in [6.07, 6.45) is 1.98. The molecule has 0 bridgehead atoms. The molecule has 0 aliphatic heterocycles. The molecule has 0 saturated heterocycles. The molecule has 5 nitrogen and oxygen atoms in total. The number of aryl methyl sites for hydroxylation is 1. The van der Waals surface area contributed by atoms with Gasteiger partial charge in [-0.15, -0.1) is 0 Å². The number of benzene rings is 2. The Morgan fingerprint density at radius 3 is 2.00 bits per heavy atom. The number of hydrogen-bond acceptors (Lipinski definition) is 3. The molecular formula is C21H28N2O3S. The zero-order chi connectivity index (χ0) is 20.2. The van der Waals surface area contributed by atoms with E-state index in [1.165, 1.54) is 5.56 Å². The van der Waals surface area contributed by atoms with Crippen molar-refractivity contribution >= 4 is 27.3 Å². The van der Waals surface area contributed by atoms with Gasteiger partial charge >= 0.3 is 0 Å². The van der Waals surface area contributed by atoms with Crippen LogP contribution in [0.4, 0.5) is 11.4 Å². The minimum atomic E-state index is -3.62. The fourth-order valence-electron chi connectivity index (χ4n) is 2.89. The van der Waals surface area contributed by atoms with E-state index in [2.05, 4.69) is 19.2 Å². The molecule has 1 amide bonds. The number of rotatable bonds is 7. The Balaban J connectivity index is 2.23. The Labute approximate surface area is 162 Å². The van der Waals surface area contributed by atoms with Gasteiger partial charge in [0.05, 0.1) is 11.9 Å². The van der Waals surface area contributed by atoms with E-state index in [1.807, 2.05) is 43.3 Å². The molecule has 0 heterocycles. The molecule has 0 aromatic heterocycles. The van der Waals surface area contributed by atoms with Gasteiger partial charge in [0.15, 0.2) is 0 Å². The molecule has 0 aliphatic rings. The highest BCUT2D eigenvalue weighted by Gasteiger charge is 2.29. The average Bonchev–Trinajstić information content (AvgIpc) is 2.61. The summed E-state index contributed by atoms with van der Waals surface area (Å²) in [4.78, 5) is 12.7. The third kappa shape index (κ3) is 5.32. The van der Waals surface area contributed by atoms with E-state index in [4.69, 9.17) is 0 Å². The van der Waals surface area contributed by atoms with Crippen molar-refractivity contribution in [3.63, 3.8) is 0 Å². The summed E-state index contributed by atoms with van der Waals surface area (Å²) < 4.78 is 25.9. The normalized spacial score (nSPS) is 12.7. The van der Waals surface area contributed by atoms with Gasteiger partial charge in [-0.1, -0.05) is 45.0 Å². The summed E-state index contributed by atoms with van der Waals surface area (Å²) in [6.45, 7) is 7.82. The lowest BCUT2D eigenvalue weighted by atomic mass is 10.0. The van der Waals surface area contributed by atoms with E-state index < -0.39 is 16.1 Å². The zero-order valence-corrected chi connectivity index (χ0v) is 17.4. The number of nitrogens with zero attached hydrogens (tertiary/aromatic N) is 1. The van der Waals surface area contributed by atoms with Crippen molar-refractivity contribution in [2.45, 2.75) is 46.1 Å². The van der Waals surface area contributed by atoms with Crippen LogP contribution in [0.2, 0.25) is 0 Å². The largest absolute Gasteiger partial charge is 0.324 e. The number of carbonyl (C=O) groups is 1. The number of nitrogens with one attached hydrogen (secondary N) is 1. The van der Waals surface area contributed by atoms with Gasteiger partial charge in [0.2, 0.25) is 15.9 Å². The molecular weight excluding hydrogens is 360 g/mol. The van der Waals surface area contributed by atoms with Crippen LogP contribution in [0.25, 0.3) is 0 Å². The van der Waals surface area contributed by atoms with Crippen LogP contribution in [-0.2, 0) is 21.2 Å². The van der Waals surface area contributed by atoms with Gasteiger partial charge < -0.3 is 5.32 Å². The van der Waals surface area contributed by atoms with Crippen molar-refractivity contribution in [2.24, 2.45) is 0 Å². The second kappa shape index (κ2) is 8.57. The first-order valence-electron chi connectivity index (χ1n) is 9.12. The van der Waals surface area contributed by atoms with Gasteiger partial charge in [-0.3, -0.25) is 9.10 Å².